The van der Waals surface area contributed by atoms with Crippen LogP contribution in [0.1, 0.15) is 42.7 Å². The van der Waals surface area contributed by atoms with E-state index in [0.29, 0.717) is 24.1 Å². The molecule has 1 amide bonds. The number of aliphatic carboxylic acids is 1. The van der Waals surface area contributed by atoms with E-state index in [0.717, 1.165) is 11.3 Å². The molecule has 0 fully saturated rings. The van der Waals surface area contributed by atoms with Crippen molar-refractivity contribution in [3.8, 4) is 11.3 Å². The van der Waals surface area contributed by atoms with Crippen LogP contribution in [0.2, 0.25) is 0 Å². The lowest BCUT2D eigenvalue weighted by Crippen LogP contribution is -2.52. The first-order chi connectivity index (χ1) is 10.9. The van der Waals surface area contributed by atoms with Crippen molar-refractivity contribution < 1.29 is 14.7 Å². The standard InChI is InChI=1S/C17H20N2O3S/c1-4-8-17(3,16(21)22)19-15(20)13-5-6-14(18-11(13)2)12-7-9-23-10-12/h5-7,9-10H,4,8H2,1-3H3,(H,19,20)(H,21,22). The number of carboxylic acid groups (broad SMARTS) is 1. The maximum Gasteiger partial charge on any atom is 0.329 e. The summed E-state index contributed by atoms with van der Waals surface area (Å²) in [6, 6.07) is 5.44. The molecule has 1 unspecified atom stereocenters. The van der Waals surface area contributed by atoms with Crippen molar-refractivity contribution in [2.24, 2.45) is 0 Å². The third kappa shape index (κ3) is 3.76. The fraction of sp³-hybridized carbons (Fsp3) is 0.353. The van der Waals surface area contributed by atoms with E-state index < -0.39 is 17.4 Å². The second-order valence-corrected chi connectivity index (χ2v) is 6.46. The van der Waals surface area contributed by atoms with Gasteiger partial charge >= 0.3 is 5.97 Å². The molecular weight excluding hydrogens is 312 g/mol. The summed E-state index contributed by atoms with van der Waals surface area (Å²) in [4.78, 5) is 28.3. The van der Waals surface area contributed by atoms with Gasteiger partial charge in [0.05, 0.1) is 17.0 Å². The number of amides is 1. The molecule has 2 rings (SSSR count). The highest BCUT2D eigenvalue weighted by atomic mass is 32.1. The first-order valence-electron chi connectivity index (χ1n) is 7.43. The van der Waals surface area contributed by atoms with Crippen LogP contribution in [0.15, 0.2) is 29.0 Å². The van der Waals surface area contributed by atoms with Crippen molar-refractivity contribution in [1.82, 2.24) is 10.3 Å². The zero-order valence-corrected chi connectivity index (χ0v) is 14.2. The summed E-state index contributed by atoms with van der Waals surface area (Å²) in [7, 11) is 0. The van der Waals surface area contributed by atoms with Gasteiger partial charge in [-0.1, -0.05) is 13.3 Å². The summed E-state index contributed by atoms with van der Waals surface area (Å²) < 4.78 is 0. The third-order valence-electron chi connectivity index (χ3n) is 3.76. The van der Waals surface area contributed by atoms with Crippen LogP contribution >= 0.6 is 11.3 Å². The quantitative estimate of drug-likeness (QED) is 0.848. The first kappa shape index (κ1) is 17.1. The number of carbonyl (C=O) groups excluding carboxylic acids is 1. The molecule has 0 aromatic carbocycles. The number of pyridine rings is 1. The minimum atomic E-state index is -1.27. The average Bonchev–Trinajstić information content (AvgIpc) is 3.01. The second kappa shape index (κ2) is 6.91. The topological polar surface area (TPSA) is 79.3 Å². The number of carbonyl (C=O) groups is 2. The minimum Gasteiger partial charge on any atom is -0.480 e. The highest BCUT2D eigenvalue weighted by Gasteiger charge is 2.34. The van der Waals surface area contributed by atoms with Gasteiger partial charge in [-0.25, -0.2) is 4.79 Å². The molecule has 0 aliphatic carbocycles. The SMILES string of the molecule is CCCC(C)(NC(=O)c1ccc(-c2ccsc2)nc1C)C(=O)O. The molecule has 0 aliphatic rings. The average molecular weight is 332 g/mol. The van der Waals surface area contributed by atoms with Crippen LogP contribution in [-0.4, -0.2) is 27.5 Å². The molecule has 1 atom stereocenters. The van der Waals surface area contributed by atoms with E-state index in [1.165, 1.54) is 6.92 Å². The Labute approximate surface area is 139 Å². The van der Waals surface area contributed by atoms with Crippen molar-refractivity contribution >= 4 is 23.2 Å². The zero-order valence-electron chi connectivity index (χ0n) is 13.4. The molecule has 2 N–H and O–H groups in total. The molecule has 5 nitrogen and oxygen atoms in total. The lowest BCUT2D eigenvalue weighted by molar-refractivity contribution is -0.144. The molecule has 2 aromatic heterocycles. The normalized spacial score (nSPS) is 13.3. The molecule has 0 saturated carbocycles. The molecule has 0 saturated heterocycles. The number of thiophene rings is 1. The number of nitrogens with one attached hydrogen (secondary N) is 1. The van der Waals surface area contributed by atoms with Crippen molar-refractivity contribution in [3.63, 3.8) is 0 Å². The van der Waals surface area contributed by atoms with Gasteiger partial charge in [-0.05, 0) is 43.8 Å². The van der Waals surface area contributed by atoms with Crippen LogP contribution in [0.25, 0.3) is 11.3 Å². The van der Waals surface area contributed by atoms with E-state index in [1.54, 1.807) is 30.4 Å². The molecule has 6 heteroatoms. The Hall–Kier alpha value is -2.21. The molecule has 2 heterocycles. The van der Waals surface area contributed by atoms with Crippen molar-refractivity contribution in [2.75, 3.05) is 0 Å². The fourth-order valence-corrected chi connectivity index (χ4v) is 3.06. The molecule has 0 aliphatic heterocycles. The van der Waals surface area contributed by atoms with Gasteiger partial charge in [-0.3, -0.25) is 9.78 Å². The Kier molecular flexibility index (Phi) is 5.15. The highest BCUT2D eigenvalue weighted by Crippen LogP contribution is 2.22. The zero-order chi connectivity index (χ0) is 17.0. The summed E-state index contributed by atoms with van der Waals surface area (Å²) in [6.45, 7) is 5.16. The Morgan fingerprint density at radius 3 is 2.61 bits per heavy atom. The van der Waals surface area contributed by atoms with E-state index in [1.807, 2.05) is 23.8 Å². The number of nitrogens with zero attached hydrogens (tertiary/aromatic N) is 1. The van der Waals surface area contributed by atoms with Gasteiger partial charge in [0.25, 0.3) is 5.91 Å². The smallest absolute Gasteiger partial charge is 0.329 e. The summed E-state index contributed by atoms with van der Waals surface area (Å²) >= 11 is 1.58. The van der Waals surface area contributed by atoms with E-state index >= 15 is 0 Å². The lowest BCUT2D eigenvalue weighted by Gasteiger charge is -2.26. The van der Waals surface area contributed by atoms with Gasteiger partial charge < -0.3 is 10.4 Å². The molecule has 0 spiro atoms. The van der Waals surface area contributed by atoms with Gasteiger partial charge in [0.15, 0.2) is 0 Å². The van der Waals surface area contributed by atoms with E-state index in [-0.39, 0.29) is 0 Å². The summed E-state index contributed by atoms with van der Waals surface area (Å²) in [5.41, 5.74) is 1.51. The van der Waals surface area contributed by atoms with Crippen LogP contribution in [0, 0.1) is 6.92 Å². The Morgan fingerprint density at radius 1 is 1.35 bits per heavy atom. The number of hydrogen-bond donors (Lipinski definition) is 2. The summed E-state index contributed by atoms with van der Waals surface area (Å²) in [5, 5.41) is 16.0. The lowest BCUT2D eigenvalue weighted by atomic mass is 9.95. The largest absolute Gasteiger partial charge is 0.480 e. The number of carboxylic acids is 1. The first-order valence-corrected chi connectivity index (χ1v) is 8.38. The van der Waals surface area contributed by atoms with Gasteiger partial charge in [0, 0.05) is 10.9 Å². The van der Waals surface area contributed by atoms with Gasteiger partial charge in [-0.15, -0.1) is 0 Å². The molecule has 122 valence electrons. The number of hydrogen-bond acceptors (Lipinski definition) is 4. The fourth-order valence-electron chi connectivity index (χ4n) is 2.41. The monoisotopic (exact) mass is 332 g/mol. The maximum atomic E-state index is 12.4. The molecule has 23 heavy (non-hydrogen) atoms. The molecule has 0 radical (unpaired) electrons. The maximum absolute atomic E-state index is 12.4. The van der Waals surface area contributed by atoms with E-state index in [2.05, 4.69) is 10.3 Å². The van der Waals surface area contributed by atoms with Crippen molar-refractivity contribution in [3.05, 3.63) is 40.2 Å². The van der Waals surface area contributed by atoms with Crippen LogP contribution in [-0.2, 0) is 4.79 Å². The van der Waals surface area contributed by atoms with Crippen LogP contribution in [0.4, 0.5) is 0 Å². The number of rotatable bonds is 6. The minimum absolute atomic E-state index is 0.369. The van der Waals surface area contributed by atoms with Crippen LogP contribution in [0.5, 0.6) is 0 Å². The van der Waals surface area contributed by atoms with Crippen LogP contribution in [0.3, 0.4) is 0 Å². The Morgan fingerprint density at radius 2 is 2.09 bits per heavy atom. The summed E-state index contributed by atoms with van der Waals surface area (Å²) in [6.07, 6.45) is 1.03. The third-order valence-corrected chi connectivity index (χ3v) is 4.44. The van der Waals surface area contributed by atoms with Gasteiger partial charge in [0.1, 0.15) is 5.54 Å². The molecular formula is C17H20N2O3S. The number of aryl methyl sites for hydroxylation is 1. The van der Waals surface area contributed by atoms with Gasteiger partial charge in [0.2, 0.25) is 0 Å². The van der Waals surface area contributed by atoms with Gasteiger partial charge in [-0.2, -0.15) is 11.3 Å². The van der Waals surface area contributed by atoms with E-state index in [4.69, 9.17) is 0 Å². The molecule has 2 aromatic rings. The number of aromatic nitrogens is 1. The van der Waals surface area contributed by atoms with Crippen LogP contribution < -0.4 is 5.32 Å². The predicted molar refractivity (Wildman–Crippen MR) is 90.7 cm³/mol. The highest BCUT2D eigenvalue weighted by molar-refractivity contribution is 7.08. The van der Waals surface area contributed by atoms with E-state index in [9.17, 15) is 14.7 Å². The predicted octanol–water partition coefficient (Wildman–Crippen LogP) is 3.49. The summed E-state index contributed by atoms with van der Waals surface area (Å²) in [5.74, 6) is -1.45. The van der Waals surface area contributed by atoms with Crippen molar-refractivity contribution in [2.45, 2.75) is 39.2 Å². The molecule has 0 bridgehead atoms. The van der Waals surface area contributed by atoms with Crippen molar-refractivity contribution in [1.29, 1.82) is 0 Å². The Balaban J connectivity index is 2.24. The second-order valence-electron chi connectivity index (χ2n) is 5.68. The Bertz CT molecular complexity index is 713.